The van der Waals surface area contributed by atoms with Crippen molar-refractivity contribution in [1.29, 1.82) is 0 Å². The van der Waals surface area contributed by atoms with Crippen molar-refractivity contribution in [3.63, 3.8) is 0 Å². The van der Waals surface area contributed by atoms with Gasteiger partial charge in [-0.3, -0.25) is 0 Å². The van der Waals surface area contributed by atoms with E-state index in [9.17, 15) is 0 Å². The van der Waals surface area contributed by atoms with Crippen molar-refractivity contribution < 1.29 is 4.74 Å². The highest BCUT2D eigenvalue weighted by Gasteiger charge is 2.22. The molecule has 0 aromatic carbocycles. The average molecular weight is 142 g/mol. The van der Waals surface area contributed by atoms with Gasteiger partial charge in [0.1, 0.15) is 0 Å². The molecule has 2 atom stereocenters. The Morgan fingerprint density at radius 3 is 2.70 bits per heavy atom. The summed E-state index contributed by atoms with van der Waals surface area (Å²) in [5, 5.41) is 0. The summed E-state index contributed by atoms with van der Waals surface area (Å²) in [6, 6.07) is 0. The van der Waals surface area contributed by atoms with E-state index in [2.05, 4.69) is 13.8 Å². The van der Waals surface area contributed by atoms with E-state index in [1.807, 2.05) is 0 Å². The molecular formula is C9H18O. The van der Waals surface area contributed by atoms with Gasteiger partial charge in [-0.15, -0.1) is 0 Å². The summed E-state index contributed by atoms with van der Waals surface area (Å²) >= 11 is 0. The van der Waals surface area contributed by atoms with Crippen molar-refractivity contribution in [2.24, 2.45) is 5.92 Å². The van der Waals surface area contributed by atoms with Crippen LogP contribution in [0.2, 0.25) is 0 Å². The van der Waals surface area contributed by atoms with Crippen LogP contribution in [0.5, 0.6) is 0 Å². The molecule has 0 spiro atoms. The molecule has 0 N–H and O–H groups in total. The Bertz CT molecular complexity index is 86.7. The summed E-state index contributed by atoms with van der Waals surface area (Å²) in [4.78, 5) is 0. The maximum Gasteiger partial charge on any atom is 0.0810 e. The van der Waals surface area contributed by atoms with Crippen LogP contribution in [0.4, 0.5) is 0 Å². The molecule has 1 aliphatic heterocycles. The summed E-state index contributed by atoms with van der Waals surface area (Å²) < 4.78 is 5.14. The van der Waals surface area contributed by atoms with Crippen LogP contribution in [-0.4, -0.2) is 12.7 Å². The predicted octanol–water partition coefficient (Wildman–Crippen LogP) is 2.60. The third kappa shape index (κ3) is 3.21. The van der Waals surface area contributed by atoms with E-state index in [1.54, 1.807) is 0 Å². The Morgan fingerprint density at radius 2 is 2.20 bits per heavy atom. The van der Waals surface area contributed by atoms with E-state index in [0.717, 1.165) is 12.5 Å². The zero-order valence-electron chi connectivity index (χ0n) is 7.10. The molecule has 1 rings (SSSR count). The first-order chi connectivity index (χ1) is 4.83. The molecular weight excluding hydrogens is 124 g/mol. The maximum absolute atomic E-state index is 5.14. The van der Waals surface area contributed by atoms with Crippen LogP contribution in [0.1, 0.15) is 39.5 Å². The third-order valence-electron chi connectivity index (χ3n) is 2.17. The third-order valence-corrected chi connectivity index (χ3v) is 2.17. The maximum atomic E-state index is 5.14. The molecule has 1 nitrogen and oxygen atoms in total. The molecule has 0 aromatic rings. The van der Waals surface area contributed by atoms with Crippen molar-refractivity contribution in [2.75, 3.05) is 6.61 Å². The topological polar surface area (TPSA) is 12.5 Å². The van der Waals surface area contributed by atoms with Crippen molar-refractivity contribution in [3.05, 3.63) is 0 Å². The first-order valence-corrected chi connectivity index (χ1v) is 4.44. The Hall–Kier alpha value is -0.0400. The fourth-order valence-electron chi connectivity index (χ4n) is 1.34. The minimum atomic E-state index is 0.638. The van der Waals surface area contributed by atoms with Crippen molar-refractivity contribution in [1.82, 2.24) is 0 Å². The van der Waals surface area contributed by atoms with Crippen LogP contribution in [0.3, 0.4) is 0 Å². The lowest BCUT2D eigenvalue weighted by molar-refractivity contribution is 0.366. The van der Waals surface area contributed by atoms with Gasteiger partial charge in [0.2, 0.25) is 0 Å². The largest absolute Gasteiger partial charge is 0.373 e. The minimum Gasteiger partial charge on any atom is -0.373 e. The van der Waals surface area contributed by atoms with Gasteiger partial charge in [0.05, 0.1) is 12.7 Å². The molecule has 1 aliphatic rings. The Kier molecular flexibility index (Phi) is 3.20. The monoisotopic (exact) mass is 142 g/mol. The van der Waals surface area contributed by atoms with Crippen LogP contribution in [0, 0.1) is 5.92 Å². The fourth-order valence-corrected chi connectivity index (χ4v) is 1.34. The molecule has 0 aliphatic carbocycles. The van der Waals surface area contributed by atoms with Crippen LogP contribution in [0.25, 0.3) is 0 Å². The zero-order valence-corrected chi connectivity index (χ0v) is 7.10. The van der Waals surface area contributed by atoms with E-state index in [-0.39, 0.29) is 0 Å². The van der Waals surface area contributed by atoms with Crippen LogP contribution in [-0.2, 0) is 4.74 Å². The standard InChI is InChI=1S/C9H18O/c1-3-4-8(2)5-6-9-7-10-9/h8-9H,3-7H2,1-2H3. The molecule has 1 saturated heterocycles. The highest BCUT2D eigenvalue weighted by molar-refractivity contribution is 4.69. The molecule has 0 bridgehead atoms. The minimum absolute atomic E-state index is 0.638. The molecule has 0 radical (unpaired) electrons. The summed E-state index contributed by atoms with van der Waals surface area (Å²) in [7, 11) is 0. The number of hydrogen-bond donors (Lipinski definition) is 0. The molecule has 1 fully saturated rings. The lowest BCUT2D eigenvalue weighted by atomic mass is 9.99. The summed E-state index contributed by atoms with van der Waals surface area (Å²) in [5.74, 6) is 0.911. The Labute approximate surface area is 63.8 Å². The second-order valence-corrected chi connectivity index (χ2v) is 3.43. The van der Waals surface area contributed by atoms with Crippen LogP contribution < -0.4 is 0 Å². The molecule has 1 heterocycles. The van der Waals surface area contributed by atoms with E-state index in [1.165, 1.54) is 25.7 Å². The number of rotatable bonds is 5. The number of hydrogen-bond acceptors (Lipinski definition) is 1. The first kappa shape index (κ1) is 8.06. The van der Waals surface area contributed by atoms with Gasteiger partial charge in [-0.25, -0.2) is 0 Å². The smallest absolute Gasteiger partial charge is 0.0810 e. The van der Waals surface area contributed by atoms with Gasteiger partial charge >= 0.3 is 0 Å². The van der Waals surface area contributed by atoms with Gasteiger partial charge < -0.3 is 4.74 Å². The Morgan fingerprint density at radius 1 is 1.50 bits per heavy atom. The zero-order chi connectivity index (χ0) is 7.40. The van der Waals surface area contributed by atoms with E-state index in [0.29, 0.717) is 6.10 Å². The lowest BCUT2D eigenvalue weighted by Crippen LogP contribution is -1.96. The van der Waals surface area contributed by atoms with Gasteiger partial charge in [-0.2, -0.15) is 0 Å². The summed E-state index contributed by atoms with van der Waals surface area (Å²) in [6.45, 7) is 5.62. The van der Waals surface area contributed by atoms with E-state index in [4.69, 9.17) is 4.74 Å². The molecule has 1 heteroatoms. The highest BCUT2D eigenvalue weighted by atomic mass is 16.6. The van der Waals surface area contributed by atoms with E-state index < -0.39 is 0 Å². The van der Waals surface area contributed by atoms with Crippen molar-refractivity contribution in [2.45, 2.75) is 45.6 Å². The second-order valence-electron chi connectivity index (χ2n) is 3.43. The summed E-state index contributed by atoms with van der Waals surface area (Å²) in [6.07, 6.45) is 6.00. The van der Waals surface area contributed by atoms with Gasteiger partial charge in [0.25, 0.3) is 0 Å². The molecule has 0 amide bonds. The quantitative estimate of drug-likeness (QED) is 0.537. The van der Waals surface area contributed by atoms with Gasteiger partial charge in [-0.1, -0.05) is 26.7 Å². The molecule has 0 aromatic heterocycles. The molecule has 60 valence electrons. The van der Waals surface area contributed by atoms with Gasteiger partial charge in [0, 0.05) is 0 Å². The van der Waals surface area contributed by atoms with Crippen molar-refractivity contribution in [3.8, 4) is 0 Å². The lowest BCUT2D eigenvalue weighted by Gasteiger charge is -2.06. The van der Waals surface area contributed by atoms with Gasteiger partial charge in [0.15, 0.2) is 0 Å². The van der Waals surface area contributed by atoms with Crippen LogP contribution >= 0.6 is 0 Å². The number of ether oxygens (including phenoxy) is 1. The Balaban J connectivity index is 1.89. The van der Waals surface area contributed by atoms with Crippen molar-refractivity contribution >= 4 is 0 Å². The first-order valence-electron chi connectivity index (χ1n) is 4.44. The molecule has 0 saturated carbocycles. The highest BCUT2D eigenvalue weighted by Crippen LogP contribution is 2.20. The predicted molar refractivity (Wildman–Crippen MR) is 43.0 cm³/mol. The van der Waals surface area contributed by atoms with E-state index >= 15 is 0 Å². The normalized spacial score (nSPS) is 26.4. The molecule has 10 heavy (non-hydrogen) atoms. The average Bonchev–Trinajstić information content (AvgIpc) is 2.67. The number of epoxide rings is 1. The van der Waals surface area contributed by atoms with Gasteiger partial charge in [-0.05, 0) is 18.8 Å². The fraction of sp³-hybridized carbons (Fsp3) is 1.00. The summed E-state index contributed by atoms with van der Waals surface area (Å²) in [5.41, 5.74) is 0. The van der Waals surface area contributed by atoms with Crippen LogP contribution in [0.15, 0.2) is 0 Å². The molecule has 2 unspecified atom stereocenters. The second kappa shape index (κ2) is 3.97. The SMILES string of the molecule is CCCC(C)CCC1CO1.